The lowest BCUT2D eigenvalue weighted by atomic mass is 10.1. The minimum absolute atomic E-state index is 0.0266. The predicted molar refractivity (Wildman–Crippen MR) is 48.9 cm³/mol. The maximum atomic E-state index is 11.6. The molecule has 1 aliphatic rings. The summed E-state index contributed by atoms with van der Waals surface area (Å²) in [5.74, 6) is 0.212. The third-order valence-electron chi connectivity index (χ3n) is 2.23. The van der Waals surface area contributed by atoms with Crippen molar-refractivity contribution in [1.29, 1.82) is 0 Å². The van der Waals surface area contributed by atoms with Crippen LogP contribution in [0.2, 0.25) is 0 Å². The SMILES string of the molecule is C=CCN1CCCC(NC)C1=O. The van der Waals surface area contributed by atoms with Crippen LogP contribution >= 0.6 is 0 Å². The van der Waals surface area contributed by atoms with Crippen molar-refractivity contribution in [3.05, 3.63) is 12.7 Å². The van der Waals surface area contributed by atoms with Gasteiger partial charge in [0.2, 0.25) is 5.91 Å². The minimum Gasteiger partial charge on any atom is -0.338 e. The van der Waals surface area contributed by atoms with E-state index in [0.717, 1.165) is 19.4 Å². The zero-order valence-corrected chi connectivity index (χ0v) is 7.55. The van der Waals surface area contributed by atoms with Crippen molar-refractivity contribution in [2.75, 3.05) is 20.1 Å². The normalized spacial score (nSPS) is 24.2. The third-order valence-corrected chi connectivity index (χ3v) is 2.23. The second-order valence-electron chi connectivity index (χ2n) is 3.06. The molecule has 1 saturated heterocycles. The number of hydrogen-bond acceptors (Lipinski definition) is 2. The summed E-state index contributed by atoms with van der Waals surface area (Å²) in [6, 6.07) is 0.0266. The molecule has 1 unspecified atom stereocenters. The topological polar surface area (TPSA) is 32.3 Å². The van der Waals surface area contributed by atoms with E-state index in [9.17, 15) is 4.79 Å². The highest BCUT2D eigenvalue weighted by Crippen LogP contribution is 2.10. The largest absolute Gasteiger partial charge is 0.338 e. The van der Waals surface area contributed by atoms with Gasteiger partial charge in [0.1, 0.15) is 0 Å². The average Bonchev–Trinajstić information content (AvgIpc) is 2.09. The van der Waals surface area contributed by atoms with Crippen molar-refractivity contribution >= 4 is 5.91 Å². The lowest BCUT2D eigenvalue weighted by Crippen LogP contribution is -2.49. The van der Waals surface area contributed by atoms with Crippen LogP contribution in [0, 0.1) is 0 Å². The lowest BCUT2D eigenvalue weighted by molar-refractivity contribution is -0.135. The van der Waals surface area contributed by atoms with Crippen LogP contribution in [-0.4, -0.2) is 37.0 Å². The fourth-order valence-electron chi connectivity index (χ4n) is 1.55. The molecule has 1 fully saturated rings. The molecule has 0 aromatic heterocycles. The van der Waals surface area contributed by atoms with Crippen LogP contribution in [0.1, 0.15) is 12.8 Å². The van der Waals surface area contributed by atoms with Crippen LogP contribution in [0.15, 0.2) is 12.7 Å². The van der Waals surface area contributed by atoms with Gasteiger partial charge in [-0.25, -0.2) is 0 Å². The Labute approximate surface area is 73.4 Å². The maximum absolute atomic E-state index is 11.6. The van der Waals surface area contributed by atoms with Gasteiger partial charge in [0.15, 0.2) is 0 Å². The summed E-state index contributed by atoms with van der Waals surface area (Å²) in [7, 11) is 1.83. The highest BCUT2D eigenvalue weighted by atomic mass is 16.2. The van der Waals surface area contributed by atoms with Gasteiger partial charge in [-0.15, -0.1) is 6.58 Å². The van der Waals surface area contributed by atoms with E-state index in [2.05, 4.69) is 11.9 Å². The number of nitrogens with one attached hydrogen (secondary N) is 1. The Kier molecular flexibility index (Phi) is 3.29. The Morgan fingerprint density at radius 2 is 2.58 bits per heavy atom. The molecule has 1 heterocycles. The first-order valence-electron chi connectivity index (χ1n) is 4.36. The molecular weight excluding hydrogens is 152 g/mol. The standard InChI is InChI=1S/C9H16N2O/c1-3-6-11-7-4-5-8(10-2)9(11)12/h3,8,10H,1,4-7H2,2H3. The highest BCUT2D eigenvalue weighted by molar-refractivity contribution is 5.82. The summed E-state index contributed by atoms with van der Waals surface area (Å²) in [4.78, 5) is 13.4. The Morgan fingerprint density at radius 1 is 1.83 bits per heavy atom. The number of carbonyl (C=O) groups is 1. The summed E-state index contributed by atoms with van der Waals surface area (Å²) in [6.45, 7) is 5.18. The summed E-state index contributed by atoms with van der Waals surface area (Å²) in [5, 5.41) is 3.02. The van der Waals surface area contributed by atoms with E-state index in [0.29, 0.717) is 6.54 Å². The van der Waals surface area contributed by atoms with E-state index in [1.165, 1.54) is 0 Å². The summed E-state index contributed by atoms with van der Waals surface area (Å²) in [5.41, 5.74) is 0. The Balaban J connectivity index is 2.52. The first-order chi connectivity index (χ1) is 5.79. The zero-order chi connectivity index (χ0) is 8.97. The van der Waals surface area contributed by atoms with E-state index in [1.54, 1.807) is 6.08 Å². The number of likely N-dealkylation sites (N-methyl/N-ethyl adjacent to an activating group) is 1. The van der Waals surface area contributed by atoms with Gasteiger partial charge in [-0.2, -0.15) is 0 Å². The van der Waals surface area contributed by atoms with Crippen molar-refractivity contribution in [2.24, 2.45) is 0 Å². The van der Waals surface area contributed by atoms with Gasteiger partial charge in [-0.1, -0.05) is 6.08 Å². The van der Waals surface area contributed by atoms with Gasteiger partial charge < -0.3 is 10.2 Å². The van der Waals surface area contributed by atoms with Gasteiger partial charge in [0.05, 0.1) is 6.04 Å². The number of nitrogens with zero attached hydrogens (tertiary/aromatic N) is 1. The fourth-order valence-corrected chi connectivity index (χ4v) is 1.55. The third kappa shape index (κ3) is 1.85. The Hall–Kier alpha value is -0.830. The van der Waals surface area contributed by atoms with Crippen LogP contribution < -0.4 is 5.32 Å². The molecule has 3 heteroatoms. The first-order valence-corrected chi connectivity index (χ1v) is 4.36. The van der Waals surface area contributed by atoms with Crippen molar-refractivity contribution in [3.8, 4) is 0 Å². The van der Waals surface area contributed by atoms with Gasteiger partial charge in [-0.05, 0) is 19.9 Å². The smallest absolute Gasteiger partial charge is 0.239 e. The maximum Gasteiger partial charge on any atom is 0.239 e. The van der Waals surface area contributed by atoms with E-state index in [-0.39, 0.29) is 11.9 Å². The van der Waals surface area contributed by atoms with Gasteiger partial charge in [0, 0.05) is 13.1 Å². The second-order valence-corrected chi connectivity index (χ2v) is 3.06. The zero-order valence-electron chi connectivity index (χ0n) is 7.55. The van der Waals surface area contributed by atoms with Crippen molar-refractivity contribution in [1.82, 2.24) is 10.2 Å². The molecule has 1 N–H and O–H groups in total. The van der Waals surface area contributed by atoms with Crippen LogP contribution in [0.5, 0.6) is 0 Å². The summed E-state index contributed by atoms with van der Waals surface area (Å²) >= 11 is 0. The molecule has 1 rings (SSSR count). The van der Waals surface area contributed by atoms with Crippen LogP contribution in [-0.2, 0) is 4.79 Å². The molecule has 0 aromatic carbocycles. The molecule has 1 atom stereocenters. The molecule has 1 amide bonds. The van der Waals surface area contributed by atoms with Crippen LogP contribution in [0.25, 0.3) is 0 Å². The van der Waals surface area contributed by atoms with E-state index in [1.807, 2.05) is 11.9 Å². The number of piperidine rings is 1. The molecule has 0 aliphatic carbocycles. The van der Waals surface area contributed by atoms with Crippen LogP contribution in [0.4, 0.5) is 0 Å². The molecule has 68 valence electrons. The summed E-state index contributed by atoms with van der Waals surface area (Å²) in [6.07, 6.45) is 3.82. The first kappa shape index (κ1) is 9.26. The molecule has 0 spiro atoms. The van der Waals surface area contributed by atoms with Gasteiger partial charge >= 0.3 is 0 Å². The fraction of sp³-hybridized carbons (Fsp3) is 0.667. The average molecular weight is 168 g/mol. The number of amides is 1. The number of hydrogen-bond donors (Lipinski definition) is 1. The monoisotopic (exact) mass is 168 g/mol. The van der Waals surface area contributed by atoms with E-state index < -0.39 is 0 Å². The Bertz CT molecular complexity index is 179. The van der Waals surface area contributed by atoms with Gasteiger partial charge in [0.25, 0.3) is 0 Å². The number of likely N-dealkylation sites (tertiary alicyclic amines) is 1. The van der Waals surface area contributed by atoms with Crippen molar-refractivity contribution in [2.45, 2.75) is 18.9 Å². The van der Waals surface area contributed by atoms with Crippen molar-refractivity contribution < 1.29 is 4.79 Å². The molecule has 1 aliphatic heterocycles. The number of carbonyl (C=O) groups excluding carboxylic acids is 1. The second kappa shape index (κ2) is 4.26. The van der Waals surface area contributed by atoms with Crippen LogP contribution in [0.3, 0.4) is 0 Å². The van der Waals surface area contributed by atoms with E-state index in [4.69, 9.17) is 0 Å². The molecular formula is C9H16N2O. The minimum atomic E-state index is 0.0266. The molecule has 0 radical (unpaired) electrons. The predicted octanol–water partition coefficient (Wildman–Crippen LogP) is 0.383. The molecule has 0 saturated carbocycles. The number of rotatable bonds is 3. The lowest BCUT2D eigenvalue weighted by Gasteiger charge is -2.31. The molecule has 12 heavy (non-hydrogen) atoms. The summed E-state index contributed by atoms with van der Waals surface area (Å²) < 4.78 is 0. The molecule has 0 bridgehead atoms. The Morgan fingerprint density at radius 3 is 3.17 bits per heavy atom. The quantitative estimate of drug-likeness (QED) is 0.618. The molecule has 3 nitrogen and oxygen atoms in total. The highest BCUT2D eigenvalue weighted by Gasteiger charge is 2.25. The van der Waals surface area contributed by atoms with E-state index >= 15 is 0 Å². The molecule has 0 aromatic rings. The van der Waals surface area contributed by atoms with Gasteiger partial charge in [-0.3, -0.25) is 4.79 Å². The van der Waals surface area contributed by atoms with Crippen molar-refractivity contribution in [3.63, 3.8) is 0 Å².